The molecular formula is C25H24FN5O2S. The van der Waals surface area contributed by atoms with Crippen molar-refractivity contribution in [3.63, 3.8) is 0 Å². The van der Waals surface area contributed by atoms with Gasteiger partial charge in [-0.15, -0.1) is 0 Å². The van der Waals surface area contributed by atoms with Crippen LogP contribution in [0, 0.1) is 5.82 Å². The van der Waals surface area contributed by atoms with Gasteiger partial charge in [-0.2, -0.15) is 0 Å². The molecule has 0 aliphatic carbocycles. The first kappa shape index (κ1) is 22.5. The Hall–Kier alpha value is -3.30. The second-order valence-electron chi connectivity index (χ2n) is 8.63. The van der Waals surface area contributed by atoms with Crippen LogP contribution in [0.5, 0.6) is 0 Å². The average Bonchev–Trinajstić information content (AvgIpc) is 3.15. The number of amides is 2. The zero-order valence-electron chi connectivity index (χ0n) is 18.9. The molecule has 3 aromatic rings. The number of anilines is 1. The number of benzene rings is 2. The molecule has 3 heterocycles. The standard InChI is InChI=1S/C25H24FN5O2S/c1-15(2)30-7-9-31(10-8-30)21-6-4-17(13-19(21)26)23-18-11-16(3-5-20(18)27-14-28-23)12-22-24(32)29-25(33)34-22/h3-6,11-15H,7-10H2,1-2H3,(H,29,32,33). The molecule has 0 bridgehead atoms. The Bertz CT molecular complexity index is 1320. The number of nitrogens with one attached hydrogen (secondary N) is 1. The predicted molar refractivity (Wildman–Crippen MR) is 133 cm³/mol. The van der Waals surface area contributed by atoms with Gasteiger partial charge in [-0.25, -0.2) is 14.4 Å². The van der Waals surface area contributed by atoms with Crippen LogP contribution in [0.15, 0.2) is 47.6 Å². The highest BCUT2D eigenvalue weighted by Gasteiger charge is 2.25. The van der Waals surface area contributed by atoms with Gasteiger partial charge in [0.1, 0.15) is 12.1 Å². The van der Waals surface area contributed by atoms with E-state index < -0.39 is 5.91 Å². The summed E-state index contributed by atoms with van der Waals surface area (Å²) in [5, 5.41) is 2.60. The minimum Gasteiger partial charge on any atom is -0.367 e. The summed E-state index contributed by atoms with van der Waals surface area (Å²) in [5.41, 5.74) is 3.31. The van der Waals surface area contributed by atoms with Crippen LogP contribution in [0.3, 0.4) is 0 Å². The lowest BCUT2D eigenvalue weighted by molar-refractivity contribution is -0.115. The maximum Gasteiger partial charge on any atom is 0.290 e. The highest BCUT2D eigenvalue weighted by Crippen LogP contribution is 2.32. The van der Waals surface area contributed by atoms with E-state index >= 15 is 4.39 Å². The van der Waals surface area contributed by atoms with E-state index in [1.807, 2.05) is 30.3 Å². The van der Waals surface area contributed by atoms with E-state index in [0.717, 1.165) is 48.9 Å². The van der Waals surface area contributed by atoms with Crippen LogP contribution >= 0.6 is 11.8 Å². The van der Waals surface area contributed by atoms with E-state index in [1.165, 1.54) is 12.4 Å². The fourth-order valence-electron chi connectivity index (χ4n) is 4.36. The van der Waals surface area contributed by atoms with Gasteiger partial charge in [0.2, 0.25) is 0 Å². The summed E-state index contributed by atoms with van der Waals surface area (Å²) in [6, 6.07) is 11.2. The number of carbonyl (C=O) groups excluding carboxylic acids is 2. The molecule has 5 rings (SSSR count). The zero-order chi connectivity index (χ0) is 23.8. The first-order chi connectivity index (χ1) is 16.4. The second-order valence-corrected chi connectivity index (χ2v) is 9.65. The molecule has 9 heteroatoms. The number of rotatable bonds is 4. The molecule has 2 aromatic carbocycles. The van der Waals surface area contributed by atoms with E-state index in [2.05, 4.69) is 38.9 Å². The van der Waals surface area contributed by atoms with Gasteiger partial charge >= 0.3 is 0 Å². The van der Waals surface area contributed by atoms with Gasteiger partial charge < -0.3 is 4.90 Å². The largest absolute Gasteiger partial charge is 0.367 e. The number of piperazine rings is 1. The van der Waals surface area contributed by atoms with Gasteiger partial charge in [-0.1, -0.05) is 12.1 Å². The summed E-state index contributed by atoms with van der Waals surface area (Å²) in [4.78, 5) is 36.9. The van der Waals surface area contributed by atoms with Gasteiger partial charge in [0, 0.05) is 43.2 Å². The minimum atomic E-state index is -0.411. The van der Waals surface area contributed by atoms with Crippen LogP contribution in [-0.2, 0) is 4.79 Å². The van der Waals surface area contributed by atoms with Crippen molar-refractivity contribution in [1.82, 2.24) is 20.2 Å². The Morgan fingerprint density at radius 2 is 1.85 bits per heavy atom. The Balaban J connectivity index is 1.46. The molecule has 2 fully saturated rings. The van der Waals surface area contributed by atoms with E-state index in [4.69, 9.17) is 0 Å². The van der Waals surface area contributed by atoms with Crippen molar-refractivity contribution in [3.8, 4) is 11.3 Å². The van der Waals surface area contributed by atoms with Crippen molar-refractivity contribution >= 4 is 45.6 Å². The van der Waals surface area contributed by atoms with Crippen molar-refractivity contribution in [2.45, 2.75) is 19.9 Å². The monoisotopic (exact) mass is 477 g/mol. The Labute approximate surface area is 201 Å². The number of thioether (sulfide) groups is 1. The molecule has 0 saturated carbocycles. The molecule has 34 heavy (non-hydrogen) atoms. The van der Waals surface area contributed by atoms with Crippen molar-refractivity contribution in [2.75, 3.05) is 31.1 Å². The fraction of sp³-hybridized carbons (Fsp3) is 0.280. The van der Waals surface area contributed by atoms with Crippen LogP contribution in [0.1, 0.15) is 19.4 Å². The number of halogens is 1. The highest BCUT2D eigenvalue weighted by atomic mass is 32.2. The van der Waals surface area contributed by atoms with Gasteiger partial charge in [-0.05, 0) is 61.5 Å². The number of carbonyl (C=O) groups is 2. The third kappa shape index (κ3) is 4.41. The molecule has 1 aromatic heterocycles. The van der Waals surface area contributed by atoms with Crippen LogP contribution < -0.4 is 10.2 Å². The lowest BCUT2D eigenvalue weighted by atomic mass is 10.0. The lowest BCUT2D eigenvalue weighted by Gasteiger charge is -2.38. The minimum absolute atomic E-state index is 0.280. The van der Waals surface area contributed by atoms with Crippen LogP contribution in [0.2, 0.25) is 0 Å². The molecule has 2 amide bonds. The number of nitrogens with zero attached hydrogens (tertiary/aromatic N) is 4. The normalized spacial score (nSPS) is 18.4. The molecule has 2 aliphatic rings. The number of hydrogen-bond donors (Lipinski definition) is 1. The molecule has 1 N–H and O–H groups in total. The summed E-state index contributed by atoms with van der Waals surface area (Å²) in [7, 11) is 0. The first-order valence-corrected chi connectivity index (χ1v) is 12.0. The molecule has 2 saturated heterocycles. The van der Waals surface area contributed by atoms with Crippen molar-refractivity contribution in [2.24, 2.45) is 0 Å². The Morgan fingerprint density at radius 3 is 2.53 bits per heavy atom. The van der Waals surface area contributed by atoms with Gasteiger partial charge in [-0.3, -0.25) is 19.8 Å². The van der Waals surface area contributed by atoms with Gasteiger partial charge in [0.05, 0.1) is 21.8 Å². The van der Waals surface area contributed by atoms with E-state index in [0.29, 0.717) is 33.4 Å². The third-order valence-electron chi connectivity index (χ3n) is 6.21. The highest BCUT2D eigenvalue weighted by molar-refractivity contribution is 8.18. The molecule has 7 nitrogen and oxygen atoms in total. The molecule has 0 spiro atoms. The number of aromatic nitrogens is 2. The van der Waals surface area contributed by atoms with Gasteiger partial charge in [0.25, 0.3) is 11.1 Å². The van der Waals surface area contributed by atoms with Crippen molar-refractivity contribution in [1.29, 1.82) is 0 Å². The lowest BCUT2D eigenvalue weighted by Crippen LogP contribution is -2.49. The second kappa shape index (κ2) is 9.15. The van der Waals surface area contributed by atoms with Crippen LogP contribution in [0.4, 0.5) is 14.9 Å². The number of fused-ring (bicyclic) bond motifs is 1. The molecule has 0 unspecified atom stereocenters. The fourth-order valence-corrected chi connectivity index (χ4v) is 5.04. The molecule has 2 aliphatic heterocycles. The predicted octanol–water partition coefficient (Wildman–Crippen LogP) is 4.29. The topological polar surface area (TPSA) is 78.4 Å². The van der Waals surface area contributed by atoms with Crippen molar-refractivity contribution < 1.29 is 14.0 Å². The van der Waals surface area contributed by atoms with E-state index in [1.54, 1.807) is 6.08 Å². The van der Waals surface area contributed by atoms with Crippen LogP contribution in [0.25, 0.3) is 28.2 Å². The van der Waals surface area contributed by atoms with E-state index in [9.17, 15) is 9.59 Å². The third-order valence-corrected chi connectivity index (χ3v) is 7.02. The van der Waals surface area contributed by atoms with Crippen LogP contribution in [-0.4, -0.2) is 58.2 Å². The smallest absolute Gasteiger partial charge is 0.290 e. The molecule has 0 radical (unpaired) electrons. The quantitative estimate of drug-likeness (QED) is 0.562. The molecule has 0 atom stereocenters. The van der Waals surface area contributed by atoms with Crippen molar-refractivity contribution in [3.05, 3.63) is 59.0 Å². The first-order valence-electron chi connectivity index (χ1n) is 11.2. The van der Waals surface area contributed by atoms with E-state index in [-0.39, 0.29) is 11.1 Å². The number of hydrogen-bond acceptors (Lipinski definition) is 7. The summed E-state index contributed by atoms with van der Waals surface area (Å²) in [6.45, 7) is 7.76. The average molecular weight is 478 g/mol. The zero-order valence-corrected chi connectivity index (χ0v) is 19.7. The molecular weight excluding hydrogens is 453 g/mol. The van der Waals surface area contributed by atoms with Gasteiger partial charge in [0.15, 0.2) is 0 Å². The number of imide groups is 1. The maximum absolute atomic E-state index is 15.2. The summed E-state index contributed by atoms with van der Waals surface area (Å²) in [6.07, 6.45) is 3.12. The Morgan fingerprint density at radius 1 is 1.06 bits per heavy atom. The maximum atomic E-state index is 15.2. The summed E-state index contributed by atoms with van der Waals surface area (Å²) < 4.78 is 15.2. The molecule has 174 valence electrons. The summed E-state index contributed by atoms with van der Waals surface area (Å²) in [5.74, 6) is -0.690. The Kier molecular flexibility index (Phi) is 6.05. The SMILES string of the molecule is CC(C)N1CCN(c2ccc(-c3ncnc4ccc(C=C5SC(=O)NC5=O)cc34)cc2F)CC1. The summed E-state index contributed by atoms with van der Waals surface area (Å²) >= 11 is 0.866.